The summed E-state index contributed by atoms with van der Waals surface area (Å²) in [7, 11) is 0. The number of fused-ring (bicyclic) bond motifs is 1. The third-order valence-corrected chi connectivity index (χ3v) is 4.24. The molecule has 1 aliphatic heterocycles. The second-order valence-corrected chi connectivity index (χ2v) is 6.00. The van der Waals surface area contributed by atoms with Crippen LogP contribution in [0.15, 0.2) is 42.5 Å². The molecular formula is C19H19FN2O3. The Morgan fingerprint density at radius 1 is 1.24 bits per heavy atom. The van der Waals surface area contributed by atoms with Crippen LogP contribution in [0.5, 0.6) is 0 Å². The third kappa shape index (κ3) is 3.47. The Bertz CT molecular complexity index is 822. The molecule has 6 heteroatoms. The summed E-state index contributed by atoms with van der Waals surface area (Å²) in [5.41, 5.74) is 7.62. The summed E-state index contributed by atoms with van der Waals surface area (Å²) < 4.78 is 18.3. The van der Waals surface area contributed by atoms with E-state index in [1.807, 2.05) is 24.3 Å². The molecule has 1 heterocycles. The minimum atomic E-state index is -0.969. The molecule has 2 aromatic carbocycles. The number of carbonyl (C=O) groups is 2. The van der Waals surface area contributed by atoms with E-state index in [0.29, 0.717) is 6.54 Å². The molecule has 5 nitrogen and oxygen atoms in total. The minimum absolute atomic E-state index is 0.0204. The third-order valence-electron chi connectivity index (χ3n) is 4.24. The lowest BCUT2D eigenvalue weighted by molar-refractivity contribution is -0.126. The number of carbonyl (C=O) groups excluding carboxylic acids is 2. The number of hydrogen-bond acceptors (Lipinski definition) is 4. The van der Waals surface area contributed by atoms with Crippen molar-refractivity contribution in [3.63, 3.8) is 0 Å². The summed E-state index contributed by atoms with van der Waals surface area (Å²) in [6.45, 7) is 2.10. The predicted molar refractivity (Wildman–Crippen MR) is 92.8 cm³/mol. The Kier molecular flexibility index (Phi) is 4.70. The zero-order valence-electron chi connectivity index (χ0n) is 13.9. The zero-order chi connectivity index (χ0) is 18.0. The smallest absolute Gasteiger partial charge is 0.341 e. The van der Waals surface area contributed by atoms with E-state index in [1.165, 1.54) is 13.0 Å². The van der Waals surface area contributed by atoms with E-state index < -0.39 is 17.9 Å². The van der Waals surface area contributed by atoms with Crippen molar-refractivity contribution < 1.29 is 18.7 Å². The summed E-state index contributed by atoms with van der Waals surface area (Å²) in [6, 6.07) is 11.1. The molecule has 0 saturated carbocycles. The SMILES string of the molecule is C[C@@H](OC(=O)c1ccc(F)cc1N)C(=O)N1CCCc2ccccc21. The maximum atomic E-state index is 13.1. The Morgan fingerprint density at radius 2 is 2.00 bits per heavy atom. The van der Waals surface area contributed by atoms with Gasteiger partial charge in [0.2, 0.25) is 0 Å². The number of nitrogens with two attached hydrogens (primary N) is 1. The van der Waals surface area contributed by atoms with Crippen molar-refractivity contribution >= 4 is 23.3 Å². The van der Waals surface area contributed by atoms with Crippen LogP contribution in [0.25, 0.3) is 0 Å². The van der Waals surface area contributed by atoms with Crippen LogP contribution in [-0.4, -0.2) is 24.5 Å². The second-order valence-electron chi connectivity index (χ2n) is 6.00. The van der Waals surface area contributed by atoms with Gasteiger partial charge in [-0.15, -0.1) is 0 Å². The number of hydrogen-bond donors (Lipinski definition) is 1. The molecule has 1 aliphatic rings. The molecule has 0 fully saturated rings. The van der Waals surface area contributed by atoms with Gasteiger partial charge in [-0.2, -0.15) is 0 Å². The van der Waals surface area contributed by atoms with E-state index in [9.17, 15) is 14.0 Å². The number of nitrogens with zero attached hydrogens (tertiary/aromatic N) is 1. The zero-order valence-corrected chi connectivity index (χ0v) is 13.9. The summed E-state index contributed by atoms with van der Waals surface area (Å²) in [4.78, 5) is 26.6. The maximum Gasteiger partial charge on any atom is 0.341 e. The highest BCUT2D eigenvalue weighted by atomic mass is 19.1. The van der Waals surface area contributed by atoms with Gasteiger partial charge in [0, 0.05) is 17.9 Å². The van der Waals surface area contributed by atoms with Gasteiger partial charge in [-0.05, 0) is 49.6 Å². The molecule has 130 valence electrons. The summed E-state index contributed by atoms with van der Waals surface area (Å²) in [5, 5.41) is 0. The fourth-order valence-electron chi connectivity index (χ4n) is 2.98. The molecule has 0 bridgehead atoms. The first-order chi connectivity index (χ1) is 12.0. The van der Waals surface area contributed by atoms with Crippen molar-refractivity contribution in [2.45, 2.75) is 25.9 Å². The van der Waals surface area contributed by atoms with Gasteiger partial charge >= 0.3 is 5.97 Å². The number of aryl methyl sites for hydroxylation is 1. The van der Waals surface area contributed by atoms with Gasteiger partial charge in [0.15, 0.2) is 6.10 Å². The highest BCUT2D eigenvalue weighted by Gasteiger charge is 2.29. The average molecular weight is 342 g/mol. The first-order valence-electron chi connectivity index (χ1n) is 8.12. The molecule has 0 radical (unpaired) electrons. The molecule has 2 aromatic rings. The first-order valence-corrected chi connectivity index (χ1v) is 8.12. The number of para-hydroxylation sites is 1. The second kappa shape index (κ2) is 6.93. The van der Waals surface area contributed by atoms with Crippen LogP contribution in [0.1, 0.15) is 29.3 Å². The maximum absolute atomic E-state index is 13.1. The lowest BCUT2D eigenvalue weighted by Gasteiger charge is -2.31. The molecule has 1 atom stereocenters. The summed E-state index contributed by atoms with van der Waals surface area (Å²) >= 11 is 0. The van der Waals surface area contributed by atoms with Crippen molar-refractivity contribution in [1.29, 1.82) is 0 Å². The Hall–Kier alpha value is -2.89. The van der Waals surface area contributed by atoms with E-state index in [-0.39, 0.29) is 17.2 Å². The van der Waals surface area contributed by atoms with E-state index in [0.717, 1.165) is 36.2 Å². The van der Waals surface area contributed by atoms with Crippen molar-refractivity contribution in [2.24, 2.45) is 0 Å². The standard InChI is InChI=1S/C19H19FN2O3/c1-12(25-19(24)15-9-8-14(20)11-16(15)21)18(23)22-10-4-6-13-5-2-3-7-17(13)22/h2-3,5,7-9,11-12H,4,6,10,21H2,1H3/t12-/m1/s1. The van der Waals surface area contributed by atoms with Crippen LogP contribution in [0, 0.1) is 5.82 Å². The van der Waals surface area contributed by atoms with Crippen LogP contribution in [-0.2, 0) is 16.0 Å². The lowest BCUT2D eigenvalue weighted by Crippen LogP contribution is -2.42. The van der Waals surface area contributed by atoms with Crippen molar-refractivity contribution in [3.8, 4) is 0 Å². The van der Waals surface area contributed by atoms with Gasteiger partial charge in [-0.25, -0.2) is 9.18 Å². The number of benzene rings is 2. The van der Waals surface area contributed by atoms with Crippen LogP contribution in [0.4, 0.5) is 15.8 Å². The van der Waals surface area contributed by atoms with E-state index in [1.54, 1.807) is 4.90 Å². The van der Waals surface area contributed by atoms with E-state index in [2.05, 4.69) is 0 Å². The van der Waals surface area contributed by atoms with Gasteiger partial charge in [0.05, 0.1) is 5.56 Å². The van der Waals surface area contributed by atoms with E-state index in [4.69, 9.17) is 10.5 Å². The van der Waals surface area contributed by atoms with Gasteiger partial charge in [-0.3, -0.25) is 4.79 Å². The Balaban J connectivity index is 1.74. The number of halogens is 1. The molecule has 25 heavy (non-hydrogen) atoms. The molecule has 3 rings (SSSR count). The fraction of sp³-hybridized carbons (Fsp3) is 0.263. The lowest BCUT2D eigenvalue weighted by atomic mass is 10.0. The van der Waals surface area contributed by atoms with Gasteiger partial charge in [-0.1, -0.05) is 18.2 Å². The minimum Gasteiger partial charge on any atom is -0.449 e. The van der Waals surface area contributed by atoms with Crippen LogP contribution < -0.4 is 10.6 Å². The van der Waals surface area contributed by atoms with Gasteiger partial charge in [0.25, 0.3) is 5.91 Å². The normalized spacial score (nSPS) is 14.6. The number of esters is 1. The molecule has 0 aliphatic carbocycles. The van der Waals surface area contributed by atoms with Crippen LogP contribution >= 0.6 is 0 Å². The van der Waals surface area contributed by atoms with Gasteiger partial charge in [0.1, 0.15) is 5.82 Å². The topological polar surface area (TPSA) is 72.6 Å². The first kappa shape index (κ1) is 17.0. The number of anilines is 2. The van der Waals surface area contributed by atoms with Crippen molar-refractivity contribution in [3.05, 3.63) is 59.4 Å². The largest absolute Gasteiger partial charge is 0.449 e. The molecule has 1 amide bonds. The predicted octanol–water partition coefficient (Wildman–Crippen LogP) is 2.93. The number of amides is 1. The summed E-state index contributed by atoms with van der Waals surface area (Å²) in [6.07, 6.45) is 0.803. The monoisotopic (exact) mass is 342 g/mol. The number of nitrogen functional groups attached to an aromatic ring is 1. The van der Waals surface area contributed by atoms with Crippen molar-refractivity contribution in [1.82, 2.24) is 0 Å². The van der Waals surface area contributed by atoms with E-state index >= 15 is 0 Å². The number of rotatable bonds is 3. The highest BCUT2D eigenvalue weighted by molar-refractivity contribution is 6.01. The Labute approximate surface area is 145 Å². The number of ether oxygens (including phenoxy) is 1. The molecule has 0 saturated heterocycles. The molecule has 0 spiro atoms. The van der Waals surface area contributed by atoms with Crippen LogP contribution in [0.2, 0.25) is 0 Å². The average Bonchev–Trinajstić information content (AvgIpc) is 2.60. The molecule has 0 unspecified atom stereocenters. The molecule has 2 N–H and O–H groups in total. The molecular weight excluding hydrogens is 323 g/mol. The highest BCUT2D eigenvalue weighted by Crippen LogP contribution is 2.27. The van der Waals surface area contributed by atoms with Crippen LogP contribution in [0.3, 0.4) is 0 Å². The molecule has 0 aromatic heterocycles. The van der Waals surface area contributed by atoms with Crippen molar-refractivity contribution in [2.75, 3.05) is 17.2 Å². The fourth-order valence-corrected chi connectivity index (χ4v) is 2.98. The Morgan fingerprint density at radius 3 is 2.76 bits per heavy atom. The van der Waals surface area contributed by atoms with Gasteiger partial charge < -0.3 is 15.4 Å². The summed E-state index contributed by atoms with van der Waals surface area (Å²) in [5.74, 6) is -1.58. The quantitative estimate of drug-likeness (QED) is 0.688.